The first-order valence-electron chi connectivity index (χ1n) is 6.53. The molecule has 20 heavy (non-hydrogen) atoms. The molecule has 8 nitrogen and oxygen atoms in total. The quantitative estimate of drug-likeness (QED) is 0.639. The van der Waals surface area contributed by atoms with Crippen LogP contribution in [0.5, 0.6) is 0 Å². The van der Waals surface area contributed by atoms with Gasteiger partial charge in [-0.25, -0.2) is 4.98 Å². The van der Waals surface area contributed by atoms with Gasteiger partial charge in [0.2, 0.25) is 17.8 Å². The van der Waals surface area contributed by atoms with Crippen molar-refractivity contribution in [3.05, 3.63) is 18.7 Å². The first-order valence-corrected chi connectivity index (χ1v) is 6.53. The first-order chi connectivity index (χ1) is 9.69. The molecule has 0 saturated carbocycles. The third kappa shape index (κ3) is 3.89. The van der Waals surface area contributed by atoms with Crippen LogP contribution in [-0.2, 0) is 0 Å². The van der Waals surface area contributed by atoms with Crippen molar-refractivity contribution in [2.45, 2.75) is 25.9 Å². The van der Waals surface area contributed by atoms with Crippen molar-refractivity contribution >= 4 is 11.9 Å². The van der Waals surface area contributed by atoms with Crippen LogP contribution >= 0.6 is 0 Å². The topological polar surface area (TPSA) is 101 Å². The number of hydrogen-bond acceptors (Lipinski definition) is 7. The highest BCUT2D eigenvalue weighted by molar-refractivity contribution is 5.37. The summed E-state index contributed by atoms with van der Waals surface area (Å²) in [7, 11) is 1.75. The van der Waals surface area contributed by atoms with Crippen molar-refractivity contribution in [2.24, 2.45) is 0 Å². The number of hydrogen-bond donors (Lipinski definition) is 3. The smallest absolute Gasteiger partial charge is 0.241 e. The van der Waals surface area contributed by atoms with Crippen LogP contribution in [0.15, 0.2) is 18.7 Å². The lowest BCUT2D eigenvalue weighted by atomic mass is 10.2. The summed E-state index contributed by atoms with van der Waals surface area (Å²) in [5, 5.41) is 15.2. The van der Waals surface area contributed by atoms with Crippen LogP contribution in [0.3, 0.4) is 0 Å². The number of nitrogens with zero attached hydrogens (tertiary/aromatic N) is 5. The Kier molecular flexibility index (Phi) is 4.83. The molecule has 0 aliphatic heterocycles. The number of aliphatic hydroxyl groups excluding tert-OH is 1. The lowest BCUT2D eigenvalue weighted by Gasteiger charge is -2.09. The molecule has 0 amide bonds. The van der Waals surface area contributed by atoms with E-state index in [2.05, 4.69) is 30.6 Å². The van der Waals surface area contributed by atoms with E-state index in [-0.39, 0.29) is 6.10 Å². The summed E-state index contributed by atoms with van der Waals surface area (Å²) in [6, 6.07) is 0. The van der Waals surface area contributed by atoms with Crippen molar-refractivity contribution in [1.82, 2.24) is 24.5 Å². The molecule has 0 fully saturated rings. The molecule has 0 saturated heterocycles. The van der Waals surface area contributed by atoms with E-state index in [4.69, 9.17) is 0 Å². The lowest BCUT2D eigenvalue weighted by Crippen LogP contribution is -2.12. The third-order valence-electron chi connectivity index (χ3n) is 2.66. The van der Waals surface area contributed by atoms with Crippen LogP contribution in [0.25, 0.3) is 5.95 Å². The maximum absolute atomic E-state index is 9.21. The number of rotatable bonds is 7. The molecule has 0 aliphatic carbocycles. The second kappa shape index (κ2) is 6.80. The highest BCUT2D eigenvalue weighted by atomic mass is 16.3. The predicted molar refractivity (Wildman–Crippen MR) is 75.9 cm³/mol. The molecule has 2 aromatic rings. The van der Waals surface area contributed by atoms with Crippen molar-refractivity contribution < 1.29 is 5.11 Å². The van der Waals surface area contributed by atoms with Gasteiger partial charge in [-0.1, -0.05) is 0 Å². The van der Waals surface area contributed by atoms with Crippen molar-refractivity contribution in [2.75, 3.05) is 24.2 Å². The number of aromatic nitrogens is 5. The highest BCUT2D eigenvalue weighted by Gasteiger charge is 2.06. The summed E-state index contributed by atoms with van der Waals surface area (Å²) in [6.45, 7) is 2.47. The standard InChI is InChI=1S/C12H19N7O/c1-9(20)4-3-5-15-11-16-10(13-2)17-12(18-11)19-7-6-14-8-19/h6-9,20H,3-5H2,1-2H3,(H2,13,15,16,17,18). The van der Waals surface area contributed by atoms with Gasteiger partial charge in [0.1, 0.15) is 6.33 Å². The Balaban J connectivity index is 2.06. The summed E-state index contributed by atoms with van der Waals surface area (Å²) < 4.78 is 1.71. The normalized spacial score (nSPS) is 12.2. The molecular formula is C12H19N7O. The third-order valence-corrected chi connectivity index (χ3v) is 2.66. The summed E-state index contributed by atoms with van der Waals surface area (Å²) in [4.78, 5) is 16.8. The fourth-order valence-corrected chi connectivity index (χ4v) is 1.65. The van der Waals surface area contributed by atoms with Crippen LogP contribution in [0.4, 0.5) is 11.9 Å². The van der Waals surface area contributed by atoms with Crippen LogP contribution in [-0.4, -0.2) is 49.3 Å². The zero-order chi connectivity index (χ0) is 14.4. The molecule has 2 aromatic heterocycles. The fourth-order valence-electron chi connectivity index (χ4n) is 1.65. The summed E-state index contributed by atoms with van der Waals surface area (Å²) in [6.07, 6.45) is 6.37. The molecular weight excluding hydrogens is 258 g/mol. The van der Waals surface area contributed by atoms with E-state index in [0.29, 0.717) is 24.4 Å². The summed E-state index contributed by atoms with van der Waals surface area (Å²) in [5.41, 5.74) is 0. The van der Waals surface area contributed by atoms with E-state index in [0.717, 1.165) is 12.8 Å². The fraction of sp³-hybridized carbons (Fsp3) is 0.500. The zero-order valence-electron chi connectivity index (χ0n) is 11.6. The first kappa shape index (κ1) is 14.2. The second-order valence-corrected chi connectivity index (χ2v) is 4.42. The predicted octanol–water partition coefficient (Wildman–Crippen LogP) is 0.672. The monoisotopic (exact) mass is 277 g/mol. The SMILES string of the molecule is CNc1nc(NCCCC(C)O)nc(-n2ccnc2)n1. The van der Waals surface area contributed by atoms with Crippen LogP contribution in [0.1, 0.15) is 19.8 Å². The lowest BCUT2D eigenvalue weighted by molar-refractivity contribution is 0.183. The Morgan fingerprint density at radius 1 is 1.30 bits per heavy atom. The van der Waals surface area contributed by atoms with Crippen LogP contribution < -0.4 is 10.6 Å². The Bertz CT molecular complexity index is 527. The average molecular weight is 277 g/mol. The second-order valence-electron chi connectivity index (χ2n) is 4.42. The van der Waals surface area contributed by atoms with Crippen LogP contribution in [0.2, 0.25) is 0 Å². The molecule has 2 heterocycles. The van der Waals surface area contributed by atoms with Gasteiger partial charge < -0.3 is 15.7 Å². The molecule has 1 unspecified atom stereocenters. The largest absolute Gasteiger partial charge is 0.393 e. The number of anilines is 2. The minimum absolute atomic E-state index is 0.287. The summed E-state index contributed by atoms with van der Waals surface area (Å²) in [5.74, 6) is 1.49. The number of nitrogens with one attached hydrogen (secondary N) is 2. The molecule has 2 rings (SSSR count). The van der Waals surface area contributed by atoms with E-state index in [1.807, 2.05) is 0 Å². The van der Waals surface area contributed by atoms with Gasteiger partial charge in [0.15, 0.2) is 0 Å². The van der Waals surface area contributed by atoms with Gasteiger partial charge in [-0.15, -0.1) is 0 Å². The molecule has 108 valence electrons. The van der Waals surface area contributed by atoms with Gasteiger partial charge in [-0.05, 0) is 19.8 Å². The van der Waals surface area contributed by atoms with Crippen molar-refractivity contribution in [3.8, 4) is 5.95 Å². The minimum Gasteiger partial charge on any atom is -0.393 e. The van der Waals surface area contributed by atoms with Crippen LogP contribution in [0, 0.1) is 0 Å². The van der Waals surface area contributed by atoms with Gasteiger partial charge in [0.05, 0.1) is 6.10 Å². The molecule has 1 atom stereocenters. The molecule has 0 aromatic carbocycles. The molecule has 0 aliphatic rings. The van der Waals surface area contributed by atoms with Gasteiger partial charge in [-0.3, -0.25) is 4.57 Å². The van der Waals surface area contributed by atoms with Crippen molar-refractivity contribution in [1.29, 1.82) is 0 Å². The average Bonchev–Trinajstić information content (AvgIpc) is 2.97. The van der Waals surface area contributed by atoms with E-state index < -0.39 is 0 Å². The minimum atomic E-state index is -0.287. The van der Waals surface area contributed by atoms with Crippen molar-refractivity contribution in [3.63, 3.8) is 0 Å². The van der Waals surface area contributed by atoms with Gasteiger partial charge in [0, 0.05) is 26.0 Å². The molecule has 0 radical (unpaired) electrons. The molecule has 3 N–H and O–H groups in total. The van der Waals surface area contributed by atoms with E-state index in [1.165, 1.54) is 0 Å². The molecule has 8 heteroatoms. The van der Waals surface area contributed by atoms with E-state index >= 15 is 0 Å². The number of aliphatic hydroxyl groups is 1. The zero-order valence-corrected chi connectivity index (χ0v) is 11.6. The Morgan fingerprint density at radius 2 is 2.10 bits per heavy atom. The highest BCUT2D eigenvalue weighted by Crippen LogP contribution is 2.09. The summed E-state index contributed by atoms with van der Waals surface area (Å²) >= 11 is 0. The van der Waals surface area contributed by atoms with Gasteiger partial charge >= 0.3 is 0 Å². The Labute approximate surface area is 117 Å². The van der Waals surface area contributed by atoms with Gasteiger partial charge in [0.25, 0.3) is 0 Å². The van der Waals surface area contributed by atoms with Gasteiger partial charge in [-0.2, -0.15) is 15.0 Å². The maximum atomic E-state index is 9.21. The molecule has 0 bridgehead atoms. The van der Waals surface area contributed by atoms with E-state index in [9.17, 15) is 5.11 Å². The maximum Gasteiger partial charge on any atom is 0.241 e. The van der Waals surface area contributed by atoms with E-state index in [1.54, 1.807) is 37.3 Å². The number of imidazole rings is 1. The Morgan fingerprint density at radius 3 is 2.75 bits per heavy atom. The Hall–Kier alpha value is -2.22. The molecule has 0 spiro atoms.